The van der Waals surface area contributed by atoms with Crippen LogP contribution in [0.1, 0.15) is 25.3 Å². The highest BCUT2D eigenvalue weighted by molar-refractivity contribution is 9.09. The molecule has 0 fully saturated rings. The monoisotopic (exact) mass is 272 g/mol. The van der Waals surface area contributed by atoms with E-state index in [0.29, 0.717) is 12.5 Å². The van der Waals surface area contributed by atoms with E-state index < -0.39 is 0 Å². The summed E-state index contributed by atoms with van der Waals surface area (Å²) in [6.07, 6.45) is 0. The minimum absolute atomic E-state index is 0.481. The van der Waals surface area contributed by atoms with Crippen molar-refractivity contribution in [2.75, 3.05) is 19.0 Å². The van der Waals surface area contributed by atoms with Crippen molar-refractivity contribution < 1.29 is 9.47 Å². The van der Waals surface area contributed by atoms with Crippen molar-refractivity contribution in [2.45, 2.75) is 19.8 Å². The summed E-state index contributed by atoms with van der Waals surface area (Å²) in [7, 11) is 1.67. The van der Waals surface area contributed by atoms with Crippen LogP contribution in [-0.4, -0.2) is 19.0 Å². The van der Waals surface area contributed by atoms with E-state index in [9.17, 15) is 0 Å². The maximum atomic E-state index is 5.46. The molecule has 0 aromatic heterocycles. The summed E-state index contributed by atoms with van der Waals surface area (Å²) in [5.41, 5.74) is 1.26. The Morgan fingerprint density at radius 1 is 1.33 bits per heavy atom. The molecule has 1 atom stereocenters. The van der Waals surface area contributed by atoms with E-state index in [0.717, 1.165) is 16.8 Å². The lowest BCUT2D eigenvalue weighted by molar-refractivity contribution is 0.310. The van der Waals surface area contributed by atoms with Gasteiger partial charge < -0.3 is 9.47 Å². The average Bonchev–Trinajstić information content (AvgIpc) is 2.29. The van der Waals surface area contributed by atoms with Crippen molar-refractivity contribution in [3.63, 3.8) is 0 Å². The Bertz CT molecular complexity index is 312. The normalized spacial score (nSPS) is 12.3. The van der Waals surface area contributed by atoms with Gasteiger partial charge in [-0.1, -0.05) is 28.9 Å². The lowest BCUT2D eigenvalue weighted by Gasteiger charge is -2.13. The number of halogens is 1. The number of hydrogen-bond acceptors (Lipinski definition) is 2. The van der Waals surface area contributed by atoms with Crippen LogP contribution in [0.2, 0.25) is 0 Å². The minimum atomic E-state index is 0.481. The van der Waals surface area contributed by atoms with Crippen molar-refractivity contribution in [3.05, 3.63) is 23.8 Å². The molecule has 0 N–H and O–H groups in total. The van der Waals surface area contributed by atoms with Crippen LogP contribution in [0.4, 0.5) is 0 Å². The second kappa shape index (κ2) is 6.01. The van der Waals surface area contributed by atoms with Gasteiger partial charge in [-0.3, -0.25) is 0 Å². The minimum Gasteiger partial charge on any atom is -0.493 e. The molecule has 1 aromatic rings. The molecule has 0 bridgehead atoms. The van der Waals surface area contributed by atoms with Crippen molar-refractivity contribution in [1.29, 1.82) is 0 Å². The third-order valence-electron chi connectivity index (χ3n) is 2.29. The molecule has 0 heterocycles. The van der Waals surface area contributed by atoms with Crippen molar-refractivity contribution >= 4 is 15.9 Å². The summed E-state index contributed by atoms with van der Waals surface area (Å²) in [6, 6.07) is 6.09. The number of alkyl halides is 1. The topological polar surface area (TPSA) is 18.5 Å². The van der Waals surface area contributed by atoms with E-state index in [1.54, 1.807) is 7.11 Å². The molecule has 0 amide bonds. The third kappa shape index (κ3) is 3.13. The van der Waals surface area contributed by atoms with Crippen LogP contribution in [0.25, 0.3) is 0 Å². The van der Waals surface area contributed by atoms with Crippen LogP contribution in [0, 0.1) is 0 Å². The molecule has 15 heavy (non-hydrogen) atoms. The molecule has 1 unspecified atom stereocenters. The first-order valence-corrected chi connectivity index (χ1v) is 6.21. The Morgan fingerprint density at radius 2 is 2.07 bits per heavy atom. The predicted octanol–water partition coefficient (Wildman–Crippen LogP) is 3.59. The highest BCUT2D eigenvalue weighted by atomic mass is 79.9. The lowest BCUT2D eigenvalue weighted by Crippen LogP contribution is -1.99. The van der Waals surface area contributed by atoms with Gasteiger partial charge in [-0.15, -0.1) is 0 Å². The Hall–Kier alpha value is -0.700. The number of ether oxygens (including phenoxy) is 2. The summed E-state index contributed by atoms with van der Waals surface area (Å²) in [4.78, 5) is 0. The molecule has 0 radical (unpaired) electrons. The zero-order valence-corrected chi connectivity index (χ0v) is 11.0. The van der Waals surface area contributed by atoms with Crippen LogP contribution in [-0.2, 0) is 0 Å². The fourth-order valence-corrected chi connectivity index (χ4v) is 1.73. The Morgan fingerprint density at radius 3 is 2.60 bits per heavy atom. The first-order chi connectivity index (χ1) is 7.22. The molecule has 0 spiro atoms. The van der Waals surface area contributed by atoms with Gasteiger partial charge in [0.15, 0.2) is 11.5 Å². The summed E-state index contributed by atoms with van der Waals surface area (Å²) in [5.74, 6) is 2.10. The van der Waals surface area contributed by atoms with Gasteiger partial charge in [-0.25, -0.2) is 0 Å². The lowest BCUT2D eigenvalue weighted by atomic mass is 10.0. The molecule has 0 aliphatic heterocycles. The van der Waals surface area contributed by atoms with Gasteiger partial charge in [0.05, 0.1) is 13.7 Å². The fraction of sp³-hybridized carbons (Fsp3) is 0.500. The van der Waals surface area contributed by atoms with E-state index in [1.165, 1.54) is 5.56 Å². The molecule has 3 heteroatoms. The molecule has 0 aliphatic rings. The highest BCUT2D eigenvalue weighted by Crippen LogP contribution is 2.31. The number of methoxy groups -OCH3 is 1. The van der Waals surface area contributed by atoms with Crippen LogP contribution < -0.4 is 9.47 Å². The molecular weight excluding hydrogens is 256 g/mol. The highest BCUT2D eigenvalue weighted by Gasteiger charge is 2.09. The van der Waals surface area contributed by atoms with Crippen molar-refractivity contribution in [2.24, 2.45) is 0 Å². The van der Waals surface area contributed by atoms with E-state index in [1.807, 2.05) is 19.1 Å². The number of hydrogen-bond donors (Lipinski definition) is 0. The van der Waals surface area contributed by atoms with Gasteiger partial charge in [0.25, 0.3) is 0 Å². The van der Waals surface area contributed by atoms with Gasteiger partial charge in [-0.2, -0.15) is 0 Å². The quantitative estimate of drug-likeness (QED) is 0.763. The largest absolute Gasteiger partial charge is 0.493 e. The van der Waals surface area contributed by atoms with Gasteiger partial charge in [0.1, 0.15) is 0 Å². The second-order valence-electron chi connectivity index (χ2n) is 3.40. The molecule has 84 valence electrons. The summed E-state index contributed by atoms with van der Waals surface area (Å²) < 4.78 is 10.8. The maximum Gasteiger partial charge on any atom is 0.161 e. The van der Waals surface area contributed by atoms with Crippen molar-refractivity contribution in [1.82, 2.24) is 0 Å². The molecule has 0 saturated heterocycles. The molecule has 0 saturated carbocycles. The van der Waals surface area contributed by atoms with E-state index in [4.69, 9.17) is 9.47 Å². The van der Waals surface area contributed by atoms with Gasteiger partial charge in [0, 0.05) is 5.33 Å². The summed E-state index contributed by atoms with van der Waals surface area (Å²) in [5, 5.41) is 0.949. The molecule has 0 aliphatic carbocycles. The fourth-order valence-electron chi connectivity index (χ4n) is 1.35. The second-order valence-corrected chi connectivity index (χ2v) is 4.05. The number of benzene rings is 1. The zero-order chi connectivity index (χ0) is 11.3. The summed E-state index contributed by atoms with van der Waals surface area (Å²) in [6.45, 7) is 4.79. The Kier molecular flexibility index (Phi) is 4.95. The first kappa shape index (κ1) is 12.4. The van der Waals surface area contributed by atoms with E-state index in [2.05, 4.69) is 28.9 Å². The van der Waals surface area contributed by atoms with E-state index >= 15 is 0 Å². The molecule has 1 aromatic carbocycles. The van der Waals surface area contributed by atoms with Crippen LogP contribution in [0.15, 0.2) is 18.2 Å². The first-order valence-electron chi connectivity index (χ1n) is 5.09. The van der Waals surface area contributed by atoms with E-state index in [-0.39, 0.29) is 0 Å². The Balaban J connectivity index is 2.96. The van der Waals surface area contributed by atoms with Gasteiger partial charge >= 0.3 is 0 Å². The van der Waals surface area contributed by atoms with Crippen LogP contribution in [0.3, 0.4) is 0 Å². The van der Waals surface area contributed by atoms with Crippen molar-refractivity contribution in [3.8, 4) is 11.5 Å². The predicted molar refractivity (Wildman–Crippen MR) is 66.4 cm³/mol. The smallest absolute Gasteiger partial charge is 0.161 e. The number of rotatable bonds is 5. The molecule has 2 nitrogen and oxygen atoms in total. The maximum absolute atomic E-state index is 5.46. The zero-order valence-electron chi connectivity index (χ0n) is 9.42. The van der Waals surface area contributed by atoms with Crippen LogP contribution in [0.5, 0.6) is 11.5 Å². The summed E-state index contributed by atoms with van der Waals surface area (Å²) >= 11 is 3.48. The van der Waals surface area contributed by atoms with Gasteiger partial charge in [-0.05, 0) is 30.5 Å². The van der Waals surface area contributed by atoms with Crippen LogP contribution >= 0.6 is 15.9 Å². The Labute approximate surface area is 99.7 Å². The molecule has 1 rings (SSSR count). The SMILES string of the molecule is CCOc1ccc(C(C)CBr)cc1OC. The average molecular weight is 273 g/mol. The van der Waals surface area contributed by atoms with Gasteiger partial charge in [0.2, 0.25) is 0 Å². The standard InChI is InChI=1S/C12H17BrO2/c1-4-15-11-6-5-10(9(2)8-13)7-12(11)14-3/h5-7,9H,4,8H2,1-3H3. The third-order valence-corrected chi connectivity index (χ3v) is 3.26. The molecular formula is C12H17BrO2.